The molecule has 1 aliphatic heterocycles. The lowest BCUT2D eigenvalue weighted by atomic mass is 10.1. The van der Waals surface area contributed by atoms with Gasteiger partial charge in [-0.3, -0.25) is 4.79 Å². The summed E-state index contributed by atoms with van der Waals surface area (Å²) in [5, 5.41) is 3.22. The topological polar surface area (TPSA) is 42.0 Å². The van der Waals surface area contributed by atoms with Gasteiger partial charge in [-0.15, -0.1) is 0 Å². The van der Waals surface area contributed by atoms with Crippen molar-refractivity contribution in [3.8, 4) is 0 Å². The molecule has 1 N–H and O–H groups in total. The molecule has 0 atom stereocenters. The Balaban J connectivity index is 2.15. The van der Waals surface area contributed by atoms with E-state index in [1.807, 2.05) is 18.2 Å². The number of halogens is 3. The molecule has 0 spiro atoms. The summed E-state index contributed by atoms with van der Waals surface area (Å²) in [4.78, 5) is 16.2. The van der Waals surface area contributed by atoms with E-state index >= 15 is 0 Å². The molecule has 0 unspecified atom stereocenters. The van der Waals surface area contributed by atoms with Crippen molar-refractivity contribution >= 4 is 66.8 Å². The largest absolute Gasteiger partial charge is 0.306 e. The highest BCUT2D eigenvalue weighted by atomic mass is 79.9. The first-order chi connectivity index (χ1) is 9.54. The summed E-state index contributed by atoms with van der Waals surface area (Å²) in [6, 6.07) is 7.45. The molecule has 3 rings (SSSR count). The van der Waals surface area contributed by atoms with Gasteiger partial charge >= 0.3 is 0 Å². The van der Waals surface area contributed by atoms with Gasteiger partial charge in [0.2, 0.25) is 0 Å². The Labute approximate surface area is 137 Å². The van der Waals surface area contributed by atoms with Crippen molar-refractivity contribution in [1.82, 2.24) is 4.98 Å². The summed E-state index contributed by atoms with van der Waals surface area (Å²) in [5.41, 5.74) is 2.06. The molecule has 1 aliphatic rings. The maximum absolute atomic E-state index is 12.1. The van der Waals surface area contributed by atoms with Gasteiger partial charge in [0, 0.05) is 20.7 Å². The Kier molecular flexibility index (Phi) is 3.67. The summed E-state index contributed by atoms with van der Waals surface area (Å²) in [5.74, 6) is 0.305. The predicted molar refractivity (Wildman–Crippen MR) is 87.6 cm³/mol. The van der Waals surface area contributed by atoms with Crippen LogP contribution in [-0.4, -0.2) is 10.9 Å². The molecule has 2 heterocycles. The average molecular weight is 414 g/mol. The minimum absolute atomic E-state index is 0.198. The third-order valence-corrected chi connectivity index (χ3v) is 4.07. The summed E-state index contributed by atoms with van der Waals surface area (Å²) < 4.78 is 1.85. The van der Waals surface area contributed by atoms with E-state index in [-0.39, 0.29) is 5.91 Å². The normalized spacial score (nSPS) is 15.3. The van der Waals surface area contributed by atoms with E-state index in [4.69, 9.17) is 11.6 Å². The average Bonchev–Trinajstić information content (AvgIpc) is 2.66. The minimum Gasteiger partial charge on any atom is -0.306 e. The Morgan fingerprint density at radius 3 is 2.60 bits per heavy atom. The molecule has 2 aromatic rings. The lowest BCUT2D eigenvalue weighted by molar-refractivity contribution is -0.110. The Hall–Kier alpha value is -1.17. The SMILES string of the molecule is O=C1Nc2nccc(Cl)c2/C1=C/c1cc(Br)cc(Br)c1. The number of nitrogens with zero attached hydrogens (tertiary/aromatic N) is 1. The molecule has 1 amide bonds. The number of carbonyl (C=O) groups excluding carboxylic acids is 1. The number of hydrogen-bond acceptors (Lipinski definition) is 2. The van der Waals surface area contributed by atoms with Gasteiger partial charge in [-0.2, -0.15) is 0 Å². The van der Waals surface area contributed by atoms with Crippen molar-refractivity contribution in [3.05, 3.63) is 55.6 Å². The van der Waals surface area contributed by atoms with Crippen LogP contribution >= 0.6 is 43.5 Å². The number of rotatable bonds is 1. The van der Waals surface area contributed by atoms with Gasteiger partial charge in [0.05, 0.1) is 10.6 Å². The van der Waals surface area contributed by atoms with Crippen LogP contribution in [0.4, 0.5) is 5.82 Å². The molecular formula is C14H7Br2ClN2O. The minimum atomic E-state index is -0.198. The van der Waals surface area contributed by atoms with Gasteiger partial charge in [0.25, 0.3) is 5.91 Å². The highest BCUT2D eigenvalue weighted by Crippen LogP contribution is 2.37. The number of carbonyl (C=O) groups is 1. The first kappa shape index (κ1) is 13.8. The van der Waals surface area contributed by atoms with Crippen molar-refractivity contribution in [3.63, 3.8) is 0 Å². The van der Waals surface area contributed by atoms with Crippen LogP contribution < -0.4 is 5.32 Å². The molecule has 0 bridgehead atoms. The van der Waals surface area contributed by atoms with Crippen LogP contribution in [-0.2, 0) is 4.79 Å². The van der Waals surface area contributed by atoms with Crippen LogP contribution in [0.3, 0.4) is 0 Å². The van der Waals surface area contributed by atoms with Crippen molar-refractivity contribution in [2.24, 2.45) is 0 Å². The van der Waals surface area contributed by atoms with Crippen LogP contribution in [0.15, 0.2) is 39.4 Å². The monoisotopic (exact) mass is 412 g/mol. The van der Waals surface area contributed by atoms with Crippen LogP contribution in [0.25, 0.3) is 11.6 Å². The van der Waals surface area contributed by atoms with E-state index < -0.39 is 0 Å². The molecule has 1 aromatic heterocycles. The maximum atomic E-state index is 12.1. The summed E-state index contributed by atoms with van der Waals surface area (Å²) in [6.45, 7) is 0. The molecule has 0 aliphatic carbocycles. The fraction of sp³-hybridized carbons (Fsp3) is 0. The molecule has 3 nitrogen and oxygen atoms in total. The van der Waals surface area contributed by atoms with E-state index in [9.17, 15) is 4.79 Å². The zero-order chi connectivity index (χ0) is 14.3. The summed E-state index contributed by atoms with van der Waals surface area (Å²) >= 11 is 13.0. The van der Waals surface area contributed by atoms with E-state index in [0.29, 0.717) is 22.0 Å². The first-order valence-corrected chi connectivity index (χ1v) is 7.65. The lowest BCUT2D eigenvalue weighted by Crippen LogP contribution is -2.04. The Morgan fingerprint density at radius 2 is 1.90 bits per heavy atom. The zero-order valence-corrected chi connectivity index (χ0v) is 13.9. The highest BCUT2D eigenvalue weighted by Gasteiger charge is 2.27. The van der Waals surface area contributed by atoms with Crippen LogP contribution in [0.2, 0.25) is 5.02 Å². The lowest BCUT2D eigenvalue weighted by Gasteiger charge is -2.02. The number of pyridine rings is 1. The van der Waals surface area contributed by atoms with Gasteiger partial charge in [0.15, 0.2) is 0 Å². The Morgan fingerprint density at radius 1 is 1.20 bits per heavy atom. The molecule has 100 valence electrons. The van der Waals surface area contributed by atoms with E-state index in [0.717, 1.165) is 14.5 Å². The maximum Gasteiger partial charge on any atom is 0.257 e. The number of aromatic nitrogens is 1. The predicted octanol–water partition coefficient (Wildman–Crippen LogP) is 4.75. The quantitative estimate of drug-likeness (QED) is 0.684. The second-order valence-electron chi connectivity index (χ2n) is 4.23. The van der Waals surface area contributed by atoms with Gasteiger partial charge in [-0.25, -0.2) is 4.98 Å². The highest BCUT2D eigenvalue weighted by molar-refractivity contribution is 9.11. The van der Waals surface area contributed by atoms with Crippen LogP contribution in [0, 0.1) is 0 Å². The van der Waals surface area contributed by atoms with Gasteiger partial charge in [-0.1, -0.05) is 43.5 Å². The van der Waals surface area contributed by atoms with Gasteiger partial charge < -0.3 is 5.32 Å². The second-order valence-corrected chi connectivity index (χ2v) is 6.47. The van der Waals surface area contributed by atoms with Gasteiger partial charge in [0.1, 0.15) is 5.82 Å². The standard InChI is InChI=1S/C14H7Br2ClN2O/c15-8-3-7(4-9(16)6-8)5-10-12-11(17)1-2-18-13(12)19-14(10)20/h1-6H,(H,18,19,20)/b10-5-. The van der Waals surface area contributed by atoms with Crippen molar-refractivity contribution in [2.75, 3.05) is 5.32 Å². The van der Waals surface area contributed by atoms with Gasteiger partial charge in [-0.05, 0) is 35.9 Å². The van der Waals surface area contributed by atoms with Crippen LogP contribution in [0.1, 0.15) is 11.1 Å². The third kappa shape index (κ3) is 2.53. The molecule has 1 aromatic carbocycles. The molecule has 6 heteroatoms. The number of anilines is 1. The van der Waals surface area contributed by atoms with Crippen LogP contribution in [0.5, 0.6) is 0 Å². The van der Waals surface area contributed by atoms with E-state index in [2.05, 4.69) is 42.2 Å². The molecule has 20 heavy (non-hydrogen) atoms. The molecular weight excluding hydrogens is 407 g/mol. The molecule has 0 saturated heterocycles. The molecule has 0 fully saturated rings. The third-order valence-electron chi connectivity index (χ3n) is 2.84. The van der Waals surface area contributed by atoms with Crippen molar-refractivity contribution in [1.29, 1.82) is 0 Å². The Bertz CT molecular complexity index is 739. The molecule has 0 radical (unpaired) electrons. The van der Waals surface area contributed by atoms with Crippen molar-refractivity contribution in [2.45, 2.75) is 0 Å². The molecule has 0 saturated carbocycles. The summed E-state index contributed by atoms with van der Waals surface area (Å²) in [6.07, 6.45) is 3.37. The van der Waals surface area contributed by atoms with Crippen molar-refractivity contribution < 1.29 is 4.79 Å². The number of benzene rings is 1. The second kappa shape index (κ2) is 5.31. The van der Waals surface area contributed by atoms with E-state index in [1.54, 1.807) is 18.3 Å². The number of hydrogen-bond donors (Lipinski definition) is 1. The fourth-order valence-electron chi connectivity index (χ4n) is 2.04. The number of nitrogens with one attached hydrogen (secondary N) is 1. The number of fused-ring (bicyclic) bond motifs is 1. The number of amides is 1. The van der Waals surface area contributed by atoms with E-state index in [1.165, 1.54) is 0 Å². The zero-order valence-electron chi connectivity index (χ0n) is 9.95. The fourth-order valence-corrected chi connectivity index (χ4v) is 3.62. The smallest absolute Gasteiger partial charge is 0.257 e. The summed E-state index contributed by atoms with van der Waals surface area (Å²) in [7, 11) is 0. The first-order valence-electron chi connectivity index (χ1n) is 5.68.